The van der Waals surface area contributed by atoms with Gasteiger partial charge in [0.1, 0.15) is 5.37 Å². The van der Waals surface area contributed by atoms with Gasteiger partial charge in [-0.3, -0.25) is 4.79 Å². The van der Waals surface area contributed by atoms with E-state index in [1.165, 1.54) is 23.9 Å². The lowest BCUT2D eigenvalue weighted by molar-refractivity contribution is -0.137. The fourth-order valence-corrected chi connectivity index (χ4v) is 4.67. The third kappa shape index (κ3) is 5.66. The van der Waals surface area contributed by atoms with Crippen LogP contribution < -0.4 is 0 Å². The topological polar surface area (TPSA) is 20.3 Å². The second kappa shape index (κ2) is 7.60. The number of carbonyl (C=O) groups is 1. The van der Waals surface area contributed by atoms with Gasteiger partial charge in [-0.15, -0.1) is 11.8 Å². The van der Waals surface area contributed by atoms with E-state index in [1.807, 2.05) is 0 Å². The first-order valence-electron chi connectivity index (χ1n) is 8.55. The molecule has 0 N–H and O–H groups in total. The first-order chi connectivity index (χ1) is 11.5. The second-order valence-electron chi connectivity index (χ2n) is 8.01. The van der Waals surface area contributed by atoms with Crippen molar-refractivity contribution in [2.75, 3.05) is 12.3 Å². The highest BCUT2D eigenvalue weighted by Gasteiger charge is 2.35. The molecule has 0 aliphatic carbocycles. The molecule has 1 amide bonds. The molecule has 0 aromatic heterocycles. The molecule has 0 bridgehead atoms. The van der Waals surface area contributed by atoms with Gasteiger partial charge in [0.2, 0.25) is 5.91 Å². The highest BCUT2D eigenvalue weighted by atomic mass is 32.2. The van der Waals surface area contributed by atoms with Crippen LogP contribution in [0.25, 0.3) is 0 Å². The summed E-state index contributed by atoms with van der Waals surface area (Å²) < 4.78 is 38.9. The third-order valence-electron chi connectivity index (χ3n) is 4.19. The monoisotopic (exact) mass is 373 g/mol. The Morgan fingerprint density at radius 2 is 2.00 bits per heavy atom. The summed E-state index contributed by atoms with van der Waals surface area (Å²) in [4.78, 5) is 14.4. The minimum absolute atomic E-state index is 0.0316. The van der Waals surface area contributed by atoms with Gasteiger partial charge < -0.3 is 4.90 Å². The van der Waals surface area contributed by atoms with Gasteiger partial charge in [-0.2, -0.15) is 13.2 Å². The molecule has 1 aliphatic heterocycles. The first-order valence-corrected chi connectivity index (χ1v) is 9.60. The maximum atomic E-state index is 13.0. The summed E-state index contributed by atoms with van der Waals surface area (Å²) in [6.45, 7) is 9.08. The zero-order valence-corrected chi connectivity index (χ0v) is 16.0. The van der Waals surface area contributed by atoms with Gasteiger partial charge in [0, 0.05) is 18.7 Å². The van der Waals surface area contributed by atoms with E-state index in [0.717, 1.165) is 18.2 Å². The number of amides is 1. The van der Waals surface area contributed by atoms with E-state index in [2.05, 4.69) is 27.7 Å². The number of hydrogen-bond acceptors (Lipinski definition) is 2. The van der Waals surface area contributed by atoms with Crippen molar-refractivity contribution in [1.29, 1.82) is 0 Å². The lowest BCUT2D eigenvalue weighted by Gasteiger charge is -2.28. The van der Waals surface area contributed by atoms with Crippen LogP contribution >= 0.6 is 11.8 Å². The summed E-state index contributed by atoms with van der Waals surface area (Å²) in [5.41, 5.74) is 0.0417. The zero-order valence-electron chi connectivity index (χ0n) is 15.2. The number of rotatable bonds is 4. The summed E-state index contributed by atoms with van der Waals surface area (Å²) in [7, 11) is 0. The highest BCUT2D eigenvalue weighted by Crippen LogP contribution is 2.41. The van der Waals surface area contributed by atoms with Crippen molar-refractivity contribution in [3.8, 4) is 0 Å². The average molecular weight is 373 g/mol. The molecule has 0 radical (unpaired) electrons. The Bertz CT molecular complexity index is 609. The Morgan fingerprint density at radius 3 is 2.60 bits per heavy atom. The molecule has 140 valence electrons. The van der Waals surface area contributed by atoms with E-state index in [1.54, 1.807) is 11.0 Å². The lowest BCUT2D eigenvalue weighted by atomic mass is 9.84. The Balaban J connectivity index is 2.11. The van der Waals surface area contributed by atoms with Crippen molar-refractivity contribution in [3.63, 3.8) is 0 Å². The number of halogens is 3. The van der Waals surface area contributed by atoms with Crippen LogP contribution in [0.3, 0.4) is 0 Å². The Kier molecular flexibility index (Phi) is 6.13. The number of benzene rings is 1. The molecule has 1 fully saturated rings. The standard InChI is InChI=1S/C19H26F3NOS/c1-13(12-18(2,3)4)10-16(24)23-8-9-25-17(23)14-6-5-7-15(11-14)19(20,21)22/h5-7,11,13,17H,8-10,12H2,1-4H3. The Morgan fingerprint density at radius 1 is 1.32 bits per heavy atom. The van der Waals surface area contributed by atoms with Crippen molar-refractivity contribution in [2.45, 2.75) is 52.1 Å². The van der Waals surface area contributed by atoms with E-state index in [9.17, 15) is 18.0 Å². The highest BCUT2D eigenvalue weighted by molar-refractivity contribution is 7.99. The van der Waals surface area contributed by atoms with Gasteiger partial charge in [-0.05, 0) is 35.4 Å². The minimum atomic E-state index is -4.37. The SMILES string of the molecule is CC(CC(=O)N1CCSC1c1cccc(C(F)(F)F)c1)CC(C)(C)C. The number of thioether (sulfide) groups is 1. The normalized spacial score (nSPS) is 20.0. The fourth-order valence-electron chi connectivity index (χ4n) is 3.40. The van der Waals surface area contributed by atoms with Crippen molar-refractivity contribution in [3.05, 3.63) is 35.4 Å². The van der Waals surface area contributed by atoms with Crippen molar-refractivity contribution >= 4 is 17.7 Å². The smallest absolute Gasteiger partial charge is 0.326 e. The van der Waals surface area contributed by atoms with Gasteiger partial charge in [-0.1, -0.05) is 39.8 Å². The summed E-state index contributed by atoms with van der Waals surface area (Å²) >= 11 is 1.53. The van der Waals surface area contributed by atoms with E-state index in [4.69, 9.17) is 0 Å². The molecule has 6 heteroatoms. The van der Waals surface area contributed by atoms with Crippen LogP contribution in [-0.2, 0) is 11.0 Å². The molecule has 2 nitrogen and oxygen atoms in total. The molecule has 1 aromatic rings. The van der Waals surface area contributed by atoms with E-state index in [-0.39, 0.29) is 22.6 Å². The van der Waals surface area contributed by atoms with Crippen LogP contribution in [0.15, 0.2) is 24.3 Å². The van der Waals surface area contributed by atoms with Crippen LogP contribution in [0, 0.1) is 11.3 Å². The van der Waals surface area contributed by atoms with E-state index < -0.39 is 11.7 Å². The molecular weight excluding hydrogens is 347 g/mol. The molecule has 2 unspecified atom stereocenters. The van der Waals surface area contributed by atoms with Gasteiger partial charge in [0.15, 0.2) is 0 Å². The zero-order chi connectivity index (χ0) is 18.8. The molecule has 1 aromatic carbocycles. The Hall–Kier alpha value is -1.17. The van der Waals surface area contributed by atoms with Crippen LogP contribution in [0.5, 0.6) is 0 Å². The summed E-state index contributed by atoms with van der Waals surface area (Å²) in [5.74, 6) is 1.03. The van der Waals surface area contributed by atoms with Gasteiger partial charge in [0.25, 0.3) is 0 Å². The van der Waals surface area contributed by atoms with Gasteiger partial charge in [-0.25, -0.2) is 0 Å². The number of carbonyl (C=O) groups excluding carboxylic acids is 1. The van der Waals surface area contributed by atoms with E-state index >= 15 is 0 Å². The molecular formula is C19H26F3NOS. The van der Waals surface area contributed by atoms with Crippen LogP contribution in [-0.4, -0.2) is 23.1 Å². The van der Waals surface area contributed by atoms with E-state index in [0.29, 0.717) is 18.5 Å². The first kappa shape index (κ1) is 20.1. The van der Waals surface area contributed by atoms with Crippen LogP contribution in [0.1, 0.15) is 57.0 Å². The van der Waals surface area contributed by atoms with Crippen molar-refractivity contribution in [2.24, 2.45) is 11.3 Å². The molecule has 2 rings (SSSR count). The maximum absolute atomic E-state index is 13.0. The second-order valence-corrected chi connectivity index (χ2v) is 9.20. The largest absolute Gasteiger partial charge is 0.416 e. The molecule has 25 heavy (non-hydrogen) atoms. The van der Waals surface area contributed by atoms with Crippen LogP contribution in [0.4, 0.5) is 13.2 Å². The number of hydrogen-bond donors (Lipinski definition) is 0. The minimum Gasteiger partial charge on any atom is -0.326 e. The molecule has 2 atom stereocenters. The summed E-state index contributed by atoms with van der Waals surface area (Å²) in [6.07, 6.45) is -2.99. The van der Waals surface area contributed by atoms with Crippen LogP contribution in [0.2, 0.25) is 0 Å². The summed E-state index contributed by atoms with van der Waals surface area (Å²) in [6, 6.07) is 5.33. The maximum Gasteiger partial charge on any atom is 0.416 e. The van der Waals surface area contributed by atoms with Gasteiger partial charge in [0.05, 0.1) is 5.56 Å². The number of alkyl halides is 3. The molecule has 1 heterocycles. The predicted octanol–water partition coefficient (Wildman–Crippen LogP) is 5.74. The fraction of sp³-hybridized carbons (Fsp3) is 0.632. The molecule has 0 saturated carbocycles. The summed E-state index contributed by atoms with van der Waals surface area (Å²) in [5, 5.41) is -0.323. The lowest BCUT2D eigenvalue weighted by Crippen LogP contribution is -2.32. The third-order valence-corrected chi connectivity index (χ3v) is 5.46. The average Bonchev–Trinajstić information content (AvgIpc) is 2.93. The predicted molar refractivity (Wildman–Crippen MR) is 96.2 cm³/mol. The quantitative estimate of drug-likeness (QED) is 0.670. The molecule has 1 aliphatic rings. The molecule has 1 saturated heterocycles. The number of nitrogens with zero attached hydrogens (tertiary/aromatic N) is 1. The van der Waals surface area contributed by atoms with Crippen molar-refractivity contribution in [1.82, 2.24) is 4.90 Å². The van der Waals surface area contributed by atoms with Crippen molar-refractivity contribution < 1.29 is 18.0 Å². The Labute approximate surface area is 152 Å². The van der Waals surface area contributed by atoms with Gasteiger partial charge >= 0.3 is 6.18 Å². The molecule has 0 spiro atoms.